The minimum atomic E-state index is 0.659. The first kappa shape index (κ1) is 13.0. The van der Waals surface area contributed by atoms with Crippen molar-refractivity contribution in [1.82, 2.24) is 10.3 Å². The predicted molar refractivity (Wildman–Crippen MR) is 71.8 cm³/mol. The van der Waals surface area contributed by atoms with Crippen molar-refractivity contribution in [3.05, 3.63) is 28.5 Å². The Morgan fingerprint density at radius 2 is 2.41 bits per heavy atom. The maximum atomic E-state index is 5.69. The Labute approximate surface area is 111 Å². The van der Waals surface area contributed by atoms with Crippen molar-refractivity contribution < 1.29 is 4.74 Å². The van der Waals surface area contributed by atoms with Crippen molar-refractivity contribution in [2.45, 2.75) is 25.9 Å². The Morgan fingerprint density at radius 3 is 3.18 bits per heavy atom. The van der Waals surface area contributed by atoms with Crippen molar-refractivity contribution in [2.24, 2.45) is 5.92 Å². The van der Waals surface area contributed by atoms with Gasteiger partial charge in [-0.2, -0.15) is 0 Å². The van der Waals surface area contributed by atoms with Gasteiger partial charge in [-0.25, -0.2) is 0 Å². The second-order valence-corrected chi connectivity index (χ2v) is 5.48. The molecule has 2 rings (SSSR count). The molecule has 1 aromatic rings. The smallest absolute Gasteiger partial charge is 0.0732 e. The lowest BCUT2D eigenvalue weighted by molar-refractivity contribution is 0.103. The highest BCUT2D eigenvalue weighted by atomic mass is 79.9. The van der Waals surface area contributed by atoms with Gasteiger partial charge in [0.15, 0.2) is 0 Å². The second kappa shape index (κ2) is 7.09. The van der Waals surface area contributed by atoms with Crippen LogP contribution in [0.25, 0.3) is 0 Å². The number of hydrogen-bond acceptors (Lipinski definition) is 3. The lowest BCUT2D eigenvalue weighted by atomic mass is 9.97. The van der Waals surface area contributed by atoms with Crippen LogP contribution in [-0.4, -0.2) is 24.7 Å². The van der Waals surface area contributed by atoms with E-state index in [1.165, 1.54) is 19.4 Å². The predicted octanol–water partition coefficient (Wildman–Crippen LogP) is 2.75. The summed E-state index contributed by atoms with van der Waals surface area (Å²) < 4.78 is 6.70. The average Bonchev–Trinajstić information content (AvgIpc) is 2.36. The number of aromatic nitrogens is 1. The molecule has 1 unspecified atom stereocenters. The zero-order valence-electron chi connectivity index (χ0n) is 9.99. The molecule has 2 heterocycles. The van der Waals surface area contributed by atoms with Gasteiger partial charge < -0.3 is 10.1 Å². The molecule has 3 nitrogen and oxygen atoms in total. The van der Waals surface area contributed by atoms with E-state index in [9.17, 15) is 0 Å². The van der Waals surface area contributed by atoms with E-state index < -0.39 is 0 Å². The third-order valence-electron chi connectivity index (χ3n) is 3.10. The van der Waals surface area contributed by atoms with Crippen LogP contribution in [0.4, 0.5) is 0 Å². The van der Waals surface area contributed by atoms with Gasteiger partial charge >= 0.3 is 0 Å². The standard InChI is InChI=1S/C13H19BrN2O/c14-13-6-12(8-16-9-13)10-17-5-3-11-2-1-4-15-7-11/h6,8-9,11,15H,1-5,7,10H2. The summed E-state index contributed by atoms with van der Waals surface area (Å²) in [6.45, 7) is 3.84. The molecule has 0 aromatic carbocycles. The molecule has 0 spiro atoms. The maximum absolute atomic E-state index is 5.69. The summed E-state index contributed by atoms with van der Waals surface area (Å²) in [7, 11) is 0. The van der Waals surface area contributed by atoms with Gasteiger partial charge in [0.25, 0.3) is 0 Å². The second-order valence-electron chi connectivity index (χ2n) is 4.57. The largest absolute Gasteiger partial charge is 0.377 e. The number of halogens is 1. The Hall–Kier alpha value is -0.450. The van der Waals surface area contributed by atoms with E-state index >= 15 is 0 Å². The molecule has 94 valence electrons. The minimum Gasteiger partial charge on any atom is -0.377 e. The first-order valence-corrected chi connectivity index (χ1v) is 7.02. The van der Waals surface area contributed by atoms with Gasteiger partial charge in [0.05, 0.1) is 6.61 Å². The number of piperidine rings is 1. The van der Waals surface area contributed by atoms with Crippen LogP contribution < -0.4 is 5.32 Å². The minimum absolute atomic E-state index is 0.659. The van der Waals surface area contributed by atoms with Crippen molar-refractivity contribution in [3.63, 3.8) is 0 Å². The molecule has 1 atom stereocenters. The molecule has 17 heavy (non-hydrogen) atoms. The Morgan fingerprint density at radius 1 is 1.47 bits per heavy atom. The molecule has 0 aliphatic carbocycles. The van der Waals surface area contributed by atoms with E-state index in [-0.39, 0.29) is 0 Å². The molecule has 1 aromatic heterocycles. The molecule has 0 amide bonds. The van der Waals surface area contributed by atoms with Crippen LogP contribution in [-0.2, 0) is 11.3 Å². The summed E-state index contributed by atoms with van der Waals surface area (Å²) >= 11 is 3.41. The molecule has 0 radical (unpaired) electrons. The van der Waals surface area contributed by atoms with Crippen LogP contribution in [0.5, 0.6) is 0 Å². The molecule has 1 fully saturated rings. The van der Waals surface area contributed by atoms with Gasteiger partial charge in [-0.15, -0.1) is 0 Å². The van der Waals surface area contributed by atoms with Crippen LogP contribution >= 0.6 is 15.9 Å². The first-order chi connectivity index (χ1) is 8.34. The zero-order valence-corrected chi connectivity index (χ0v) is 11.6. The quantitative estimate of drug-likeness (QED) is 0.849. The molecular weight excluding hydrogens is 280 g/mol. The fraction of sp³-hybridized carbons (Fsp3) is 0.615. The van der Waals surface area contributed by atoms with Crippen LogP contribution in [0.2, 0.25) is 0 Å². The van der Waals surface area contributed by atoms with E-state index in [0.29, 0.717) is 6.61 Å². The first-order valence-electron chi connectivity index (χ1n) is 6.22. The van der Waals surface area contributed by atoms with E-state index in [0.717, 1.165) is 35.5 Å². The molecule has 0 saturated carbocycles. The molecule has 1 aliphatic rings. The number of ether oxygens (including phenoxy) is 1. The lowest BCUT2D eigenvalue weighted by Crippen LogP contribution is -2.30. The van der Waals surface area contributed by atoms with E-state index in [2.05, 4.69) is 32.3 Å². The third-order valence-corrected chi connectivity index (χ3v) is 3.53. The number of nitrogens with zero attached hydrogens (tertiary/aromatic N) is 1. The van der Waals surface area contributed by atoms with Crippen LogP contribution in [0, 0.1) is 5.92 Å². The topological polar surface area (TPSA) is 34.1 Å². The normalized spacial score (nSPS) is 20.4. The summed E-state index contributed by atoms with van der Waals surface area (Å²) in [5.41, 5.74) is 1.13. The molecule has 4 heteroatoms. The van der Waals surface area contributed by atoms with Gasteiger partial charge in [-0.05, 0) is 65.8 Å². The molecule has 0 bridgehead atoms. The summed E-state index contributed by atoms with van der Waals surface area (Å²) in [6, 6.07) is 2.05. The van der Waals surface area contributed by atoms with Gasteiger partial charge in [-0.3, -0.25) is 4.98 Å². The highest BCUT2D eigenvalue weighted by molar-refractivity contribution is 9.10. The van der Waals surface area contributed by atoms with Crippen molar-refractivity contribution in [2.75, 3.05) is 19.7 Å². The fourth-order valence-electron chi connectivity index (χ4n) is 2.15. The lowest BCUT2D eigenvalue weighted by Gasteiger charge is -2.22. The number of pyridine rings is 1. The maximum Gasteiger partial charge on any atom is 0.0732 e. The van der Waals surface area contributed by atoms with Crippen LogP contribution in [0.15, 0.2) is 22.9 Å². The molecule has 1 aliphatic heterocycles. The monoisotopic (exact) mass is 298 g/mol. The summed E-state index contributed by atoms with van der Waals surface area (Å²) in [5, 5.41) is 3.43. The average molecular weight is 299 g/mol. The molecule has 1 N–H and O–H groups in total. The highest BCUT2D eigenvalue weighted by Gasteiger charge is 2.12. The summed E-state index contributed by atoms with van der Waals surface area (Å²) in [5.74, 6) is 0.796. The van der Waals surface area contributed by atoms with Gasteiger partial charge in [0.2, 0.25) is 0 Å². The van der Waals surface area contributed by atoms with Crippen molar-refractivity contribution >= 4 is 15.9 Å². The number of nitrogens with one attached hydrogen (secondary N) is 1. The summed E-state index contributed by atoms with van der Waals surface area (Å²) in [4.78, 5) is 4.12. The van der Waals surface area contributed by atoms with E-state index in [1.807, 2.05) is 6.20 Å². The molecule has 1 saturated heterocycles. The highest BCUT2D eigenvalue weighted by Crippen LogP contribution is 2.15. The number of rotatable bonds is 5. The van der Waals surface area contributed by atoms with Crippen molar-refractivity contribution in [3.8, 4) is 0 Å². The van der Waals surface area contributed by atoms with E-state index in [4.69, 9.17) is 4.74 Å². The summed E-state index contributed by atoms with van der Waals surface area (Å²) in [6.07, 6.45) is 7.45. The van der Waals surface area contributed by atoms with Gasteiger partial charge in [0.1, 0.15) is 0 Å². The van der Waals surface area contributed by atoms with Crippen LogP contribution in [0.1, 0.15) is 24.8 Å². The Bertz CT molecular complexity index is 340. The van der Waals surface area contributed by atoms with Gasteiger partial charge in [0, 0.05) is 23.5 Å². The molecular formula is C13H19BrN2O. The van der Waals surface area contributed by atoms with Gasteiger partial charge in [-0.1, -0.05) is 0 Å². The SMILES string of the molecule is Brc1cncc(COCCC2CCCNC2)c1. The fourth-order valence-corrected chi connectivity index (χ4v) is 2.56. The van der Waals surface area contributed by atoms with Crippen LogP contribution in [0.3, 0.4) is 0 Å². The van der Waals surface area contributed by atoms with Crippen molar-refractivity contribution in [1.29, 1.82) is 0 Å². The zero-order chi connectivity index (χ0) is 11.9. The Balaban J connectivity index is 1.62. The Kier molecular flexibility index (Phi) is 5.42. The third kappa shape index (κ3) is 4.74. The van der Waals surface area contributed by atoms with E-state index in [1.54, 1.807) is 6.20 Å². The number of hydrogen-bond donors (Lipinski definition) is 1.